The Morgan fingerprint density at radius 3 is 2.46 bits per heavy atom. The van der Waals surface area contributed by atoms with Gasteiger partial charge in [-0.15, -0.1) is 0 Å². The highest BCUT2D eigenvalue weighted by molar-refractivity contribution is 6.04. The van der Waals surface area contributed by atoms with E-state index in [0.717, 1.165) is 41.8 Å². The van der Waals surface area contributed by atoms with Crippen LogP contribution in [0.1, 0.15) is 70.9 Å². The summed E-state index contributed by atoms with van der Waals surface area (Å²) in [5.74, 6) is -0.577. The Bertz CT molecular complexity index is 843. The molecule has 1 aliphatic heterocycles. The molecule has 1 heterocycles. The van der Waals surface area contributed by atoms with Gasteiger partial charge in [-0.1, -0.05) is 52.0 Å². The molecule has 0 radical (unpaired) electrons. The number of hydrogen-bond acceptors (Lipinski definition) is 4. The SMILES string of the molecule is CCCOC(=O)C1=C(C)NC2=C(C(=O)CC(C)(C)C2)[C@H]1c1ccc(CC)cc1. The molecule has 0 bridgehead atoms. The molecule has 0 amide bonds. The van der Waals surface area contributed by atoms with Crippen LogP contribution in [0.4, 0.5) is 0 Å². The average molecular weight is 382 g/mol. The molecule has 0 saturated heterocycles. The fraction of sp³-hybridized carbons (Fsp3) is 0.500. The quantitative estimate of drug-likeness (QED) is 0.744. The number of ether oxygens (including phenoxy) is 1. The Labute approximate surface area is 168 Å². The number of benzene rings is 1. The Morgan fingerprint density at radius 1 is 1.18 bits per heavy atom. The lowest BCUT2D eigenvalue weighted by atomic mass is 9.68. The number of rotatable bonds is 5. The maximum atomic E-state index is 13.2. The van der Waals surface area contributed by atoms with Gasteiger partial charge in [0.2, 0.25) is 0 Å². The highest BCUT2D eigenvalue weighted by Crippen LogP contribution is 2.46. The van der Waals surface area contributed by atoms with Gasteiger partial charge in [-0.3, -0.25) is 4.79 Å². The summed E-state index contributed by atoms with van der Waals surface area (Å²) in [4.78, 5) is 26.1. The Hall–Kier alpha value is -2.36. The van der Waals surface area contributed by atoms with Gasteiger partial charge in [0.15, 0.2) is 5.78 Å². The molecular formula is C24H31NO3. The lowest BCUT2D eigenvalue weighted by Crippen LogP contribution is -2.38. The molecule has 0 aromatic heterocycles. The number of carbonyl (C=O) groups excluding carboxylic acids is 2. The van der Waals surface area contributed by atoms with Crippen molar-refractivity contribution in [1.29, 1.82) is 0 Å². The maximum absolute atomic E-state index is 13.2. The van der Waals surface area contributed by atoms with Crippen molar-refractivity contribution < 1.29 is 14.3 Å². The van der Waals surface area contributed by atoms with Crippen LogP contribution in [0.2, 0.25) is 0 Å². The van der Waals surface area contributed by atoms with Crippen LogP contribution < -0.4 is 5.32 Å². The molecule has 28 heavy (non-hydrogen) atoms. The van der Waals surface area contributed by atoms with E-state index in [1.54, 1.807) is 0 Å². The molecule has 150 valence electrons. The zero-order valence-electron chi connectivity index (χ0n) is 17.6. The van der Waals surface area contributed by atoms with E-state index >= 15 is 0 Å². The normalized spacial score (nSPS) is 21.3. The molecule has 1 atom stereocenters. The molecule has 0 unspecified atom stereocenters. The van der Waals surface area contributed by atoms with Gasteiger partial charge in [-0.25, -0.2) is 4.79 Å². The molecule has 1 N–H and O–H groups in total. The van der Waals surface area contributed by atoms with Crippen LogP contribution in [-0.4, -0.2) is 18.4 Å². The first-order chi connectivity index (χ1) is 13.3. The summed E-state index contributed by atoms with van der Waals surface area (Å²) in [6.07, 6.45) is 3.01. The van der Waals surface area contributed by atoms with Crippen molar-refractivity contribution in [2.45, 2.75) is 66.2 Å². The van der Waals surface area contributed by atoms with Crippen molar-refractivity contribution >= 4 is 11.8 Å². The summed E-state index contributed by atoms with van der Waals surface area (Å²) in [5.41, 5.74) is 5.16. The fourth-order valence-electron chi connectivity index (χ4n) is 4.26. The first kappa shape index (κ1) is 20.4. The van der Waals surface area contributed by atoms with Gasteiger partial charge in [-0.05, 0) is 42.7 Å². The molecule has 4 heteroatoms. The Morgan fingerprint density at radius 2 is 1.86 bits per heavy atom. The smallest absolute Gasteiger partial charge is 0.336 e. The predicted molar refractivity (Wildman–Crippen MR) is 111 cm³/mol. The van der Waals surface area contributed by atoms with Gasteiger partial charge in [-0.2, -0.15) is 0 Å². The second kappa shape index (κ2) is 7.94. The van der Waals surface area contributed by atoms with Gasteiger partial charge in [0.1, 0.15) is 0 Å². The van der Waals surface area contributed by atoms with Crippen LogP contribution in [0.5, 0.6) is 0 Å². The van der Waals surface area contributed by atoms with Crippen LogP contribution in [0.15, 0.2) is 46.8 Å². The number of esters is 1. The van der Waals surface area contributed by atoms with Crippen molar-refractivity contribution in [3.8, 4) is 0 Å². The third-order valence-corrected chi connectivity index (χ3v) is 5.62. The van der Waals surface area contributed by atoms with Crippen molar-refractivity contribution in [1.82, 2.24) is 5.32 Å². The molecule has 0 saturated carbocycles. The maximum Gasteiger partial charge on any atom is 0.336 e. The Balaban J connectivity index is 2.11. The van der Waals surface area contributed by atoms with E-state index in [1.165, 1.54) is 5.56 Å². The molecule has 3 rings (SSSR count). The molecule has 0 fully saturated rings. The van der Waals surface area contributed by atoms with Gasteiger partial charge in [0.05, 0.1) is 12.2 Å². The summed E-state index contributed by atoms with van der Waals surface area (Å²) in [7, 11) is 0. The lowest BCUT2D eigenvalue weighted by Gasteiger charge is -2.39. The van der Waals surface area contributed by atoms with E-state index in [4.69, 9.17) is 4.74 Å². The number of ketones is 1. The molecule has 4 nitrogen and oxygen atoms in total. The minimum atomic E-state index is -0.366. The third-order valence-electron chi connectivity index (χ3n) is 5.62. The second-order valence-electron chi connectivity index (χ2n) is 8.66. The zero-order chi connectivity index (χ0) is 20.5. The van der Waals surface area contributed by atoms with Gasteiger partial charge >= 0.3 is 5.97 Å². The largest absolute Gasteiger partial charge is 0.462 e. The monoisotopic (exact) mass is 381 g/mol. The highest BCUT2D eigenvalue weighted by Gasteiger charge is 2.43. The number of aryl methyl sites for hydroxylation is 1. The average Bonchev–Trinajstić information content (AvgIpc) is 2.64. The first-order valence-electron chi connectivity index (χ1n) is 10.3. The summed E-state index contributed by atoms with van der Waals surface area (Å²) in [5, 5.41) is 3.37. The fourth-order valence-corrected chi connectivity index (χ4v) is 4.26. The molecule has 1 aromatic rings. The van der Waals surface area contributed by atoms with Crippen LogP contribution in [0.3, 0.4) is 0 Å². The number of dihydropyridines is 1. The van der Waals surface area contributed by atoms with Crippen LogP contribution in [-0.2, 0) is 20.7 Å². The Kier molecular flexibility index (Phi) is 5.78. The number of nitrogens with one attached hydrogen (secondary N) is 1. The second-order valence-corrected chi connectivity index (χ2v) is 8.66. The number of carbonyl (C=O) groups is 2. The van der Waals surface area contributed by atoms with Gasteiger partial charge in [0.25, 0.3) is 0 Å². The number of hydrogen-bond donors (Lipinski definition) is 1. The molecule has 2 aliphatic rings. The highest BCUT2D eigenvalue weighted by atomic mass is 16.5. The lowest BCUT2D eigenvalue weighted by molar-refractivity contribution is -0.139. The van der Waals surface area contributed by atoms with Crippen molar-refractivity contribution in [3.05, 3.63) is 57.9 Å². The number of allylic oxidation sites excluding steroid dienone is 3. The van der Waals surface area contributed by atoms with Crippen LogP contribution in [0, 0.1) is 5.41 Å². The molecular weight excluding hydrogens is 350 g/mol. The van der Waals surface area contributed by atoms with Crippen LogP contribution >= 0.6 is 0 Å². The third kappa shape index (κ3) is 3.91. The summed E-state index contributed by atoms with van der Waals surface area (Å²) in [6.45, 7) is 10.6. The summed E-state index contributed by atoms with van der Waals surface area (Å²) < 4.78 is 5.48. The summed E-state index contributed by atoms with van der Waals surface area (Å²) in [6, 6.07) is 8.26. The number of Topliss-reactive ketones (excluding diaryl/α,β-unsaturated/α-hetero) is 1. The van der Waals surface area contributed by atoms with Crippen molar-refractivity contribution in [2.75, 3.05) is 6.61 Å². The van der Waals surface area contributed by atoms with E-state index in [0.29, 0.717) is 18.6 Å². The van der Waals surface area contributed by atoms with E-state index in [2.05, 4.69) is 38.2 Å². The molecule has 0 spiro atoms. The molecule has 1 aromatic carbocycles. The van der Waals surface area contributed by atoms with E-state index in [-0.39, 0.29) is 23.1 Å². The van der Waals surface area contributed by atoms with Gasteiger partial charge < -0.3 is 10.1 Å². The van der Waals surface area contributed by atoms with E-state index < -0.39 is 0 Å². The minimum absolute atomic E-state index is 0.0833. The predicted octanol–water partition coefficient (Wildman–Crippen LogP) is 4.81. The summed E-state index contributed by atoms with van der Waals surface area (Å²) >= 11 is 0. The zero-order valence-corrected chi connectivity index (χ0v) is 17.6. The van der Waals surface area contributed by atoms with Crippen LogP contribution in [0.25, 0.3) is 0 Å². The topological polar surface area (TPSA) is 55.4 Å². The van der Waals surface area contributed by atoms with Crippen molar-refractivity contribution in [2.24, 2.45) is 5.41 Å². The first-order valence-corrected chi connectivity index (χ1v) is 10.3. The standard InChI is InChI=1S/C24H31NO3/c1-6-12-28-23(27)20-15(3)25-18-13-24(4,5)14-19(26)22(18)21(20)17-10-8-16(7-2)9-11-17/h8-11,21,25H,6-7,12-14H2,1-5H3/t21-/m0/s1. The van der Waals surface area contributed by atoms with Gasteiger partial charge in [0, 0.05) is 29.3 Å². The van der Waals surface area contributed by atoms with Crippen molar-refractivity contribution in [3.63, 3.8) is 0 Å². The van der Waals surface area contributed by atoms with E-state index in [1.807, 2.05) is 26.0 Å². The minimum Gasteiger partial charge on any atom is -0.462 e. The molecule has 1 aliphatic carbocycles. The van der Waals surface area contributed by atoms with E-state index in [9.17, 15) is 9.59 Å².